The second-order valence-corrected chi connectivity index (χ2v) is 2.56. The van der Waals surface area contributed by atoms with Crippen molar-refractivity contribution >= 4 is 5.97 Å². The molecule has 0 rings (SSSR count). The molecule has 0 amide bonds. The number of unbranched alkanes of at least 4 members (excludes halogenated alkanes) is 1. The summed E-state index contributed by atoms with van der Waals surface area (Å²) in [5.41, 5.74) is 0. The Morgan fingerprint density at radius 1 is 1.33 bits per heavy atom. The highest BCUT2D eigenvalue weighted by atomic mass is 16.4. The highest BCUT2D eigenvalue weighted by molar-refractivity contribution is 5.66. The van der Waals surface area contributed by atoms with Gasteiger partial charge in [0.25, 0.3) is 0 Å². The number of carboxylic acids is 1. The van der Waals surface area contributed by atoms with Gasteiger partial charge >= 0.3 is 5.97 Å². The van der Waals surface area contributed by atoms with Gasteiger partial charge in [-0.2, -0.15) is 0 Å². The number of allylic oxidation sites excluding steroid dienone is 4. The quantitative estimate of drug-likeness (QED) is 0.489. The van der Waals surface area contributed by atoms with Crippen LogP contribution in [0.15, 0.2) is 24.3 Å². The van der Waals surface area contributed by atoms with Crippen molar-refractivity contribution in [2.24, 2.45) is 0 Å². The molecule has 0 bridgehead atoms. The van der Waals surface area contributed by atoms with Crippen LogP contribution in [0.1, 0.15) is 32.6 Å². The Kier molecular flexibility index (Phi) is 7.35. The van der Waals surface area contributed by atoms with Crippen LogP contribution >= 0.6 is 0 Å². The Hall–Kier alpha value is -1.05. The molecule has 1 N–H and O–H groups in total. The average molecular weight is 168 g/mol. The minimum atomic E-state index is -0.711. The summed E-state index contributed by atoms with van der Waals surface area (Å²) in [5, 5.41) is 8.32. The maximum atomic E-state index is 10.1. The van der Waals surface area contributed by atoms with Crippen LogP contribution in [0.5, 0.6) is 0 Å². The van der Waals surface area contributed by atoms with E-state index in [9.17, 15) is 4.79 Å². The first-order valence-electron chi connectivity index (χ1n) is 4.25. The molecule has 0 saturated heterocycles. The molecular formula is C10H16O2. The van der Waals surface area contributed by atoms with Crippen LogP contribution in [-0.4, -0.2) is 11.1 Å². The van der Waals surface area contributed by atoms with E-state index < -0.39 is 5.97 Å². The lowest BCUT2D eigenvalue weighted by Gasteiger charge is -1.89. The van der Waals surface area contributed by atoms with Crippen LogP contribution in [0.4, 0.5) is 0 Å². The van der Waals surface area contributed by atoms with Gasteiger partial charge in [0.15, 0.2) is 0 Å². The minimum absolute atomic E-state index is 0.272. The van der Waals surface area contributed by atoms with Crippen molar-refractivity contribution in [3.63, 3.8) is 0 Å². The van der Waals surface area contributed by atoms with Gasteiger partial charge in [-0.25, -0.2) is 0 Å². The third kappa shape index (κ3) is 8.95. The molecule has 0 aliphatic carbocycles. The highest BCUT2D eigenvalue weighted by Gasteiger charge is 1.92. The van der Waals surface area contributed by atoms with Gasteiger partial charge in [0.2, 0.25) is 0 Å². The first kappa shape index (κ1) is 11.0. The molecule has 0 fully saturated rings. The first-order chi connectivity index (χ1) is 5.77. The fourth-order valence-corrected chi connectivity index (χ4v) is 0.800. The molecule has 0 heterocycles. The van der Waals surface area contributed by atoms with Crippen LogP contribution in [0.2, 0.25) is 0 Å². The van der Waals surface area contributed by atoms with Gasteiger partial charge in [0.05, 0.1) is 0 Å². The monoisotopic (exact) mass is 168 g/mol. The molecular weight excluding hydrogens is 152 g/mol. The van der Waals surface area contributed by atoms with Crippen LogP contribution in [-0.2, 0) is 4.79 Å². The topological polar surface area (TPSA) is 37.3 Å². The Labute approximate surface area is 73.6 Å². The van der Waals surface area contributed by atoms with Crippen molar-refractivity contribution in [1.29, 1.82) is 0 Å². The number of carboxylic acid groups (broad SMARTS) is 1. The van der Waals surface area contributed by atoms with Crippen LogP contribution < -0.4 is 0 Å². The predicted octanol–water partition coefficient (Wildman–Crippen LogP) is 2.76. The normalized spacial score (nSPS) is 11.4. The van der Waals surface area contributed by atoms with Gasteiger partial charge in [0.1, 0.15) is 0 Å². The van der Waals surface area contributed by atoms with Crippen molar-refractivity contribution in [1.82, 2.24) is 0 Å². The molecule has 0 aromatic rings. The summed E-state index contributed by atoms with van der Waals surface area (Å²) in [6.45, 7) is 1.98. The van der Waals surface area contributed by atoms with Gasteiger partial charge < -0.3 is 5.11 Å². The molecule has 2 nitrogen and oxygen atoms in total. The number of carbonyl (C=O) groups is 1. The number of hydrogen-bond donors (Lipinski definition) is 1. The van der Waals surface area contributed by atoms with Crippen molar-refractivity contribution < 1.29 is 9.90 Å². The van der Waals surface area contributed by atoms with E-state index in [2.05, 4.69) is 12.2 Å². The van der Waals surface area contributed by atoms with E-state index in [-0.39, 0.29) is 6.42 Å². The molecule has 0 aliphatic rings. The van der Waals surface area contributed by atoms with Crippen molar-refractivity contribution in [2.45, 2.75) is 32.6 Å². The van der Waals surface area contributed by atoms with Gasteiger partial charge in [-0.05, 0) is 26.2 Å². The third-order valence-corrected chi connectivity index (χ3v) is 1.44. The number of aliphatic carboxylic acids is 1. The van der Waals surface area contributed by atoms with Gasteiger partial charge in [0, 0.05) is 6.42 Å². The SMILES string of the molecule is C/C=C\C/C=C\CCCC(=O)O. The van der Waals surface area contributed by atoms with E-state index in [1.807, 2.05) is 19.1 Å². The number of rotatable bonds is 6. The molecule has 0 aromatic carbocycles. The van der Waals surface area contributed by atoms with E-state index in [1.165, 1.54) is 0 Å². The summed E-state index contributed by atoms with van der Waals surface area (Å²) in [5.74, 6) is -0.711. The first-order valence-corrected chi connectivity index (χ1v) is 4.25. The largest absolute Gasteiger partial charge is 0.481 e. The molecule has 0 saturated carbocycles. The third-order valence-electron chi connectivity index (χ3n) is 1.44. The van der Waals surface area contributed by atoms with E-state index >= 15 is 0 Å². The highest BCUT2D eigenvalue weighted by Crippen LogP contribution is 1.97. The van der Waals surface area contributed by atoms with E-state index in [0.717, 1.165) is 19.3 Å². The molecule has 0 aromatic heterocycles. The fraction of sp³-hybridized carbons (Fsp3) is 0.500. The summed E-state index contributed by atoms with van der Waals surface area (Å²) in [4.78, 5) is 10.1. The Morgan fingerprint density at radius 2 is 2.08 bits per heavy atom. The Morgan fingerprint density at radius 3 is 2.67 bits per heavy atom. The maximum absolute atomic E-state index is 10.1. The zero-order valence-electron chi connectivity index (χ0n) is 7.49. The maximum Gasteiger partial charge on any atom is 0.303 e. The zero-order valence-corrected chi connectivity index (χ0v) is 7.49. The average Bonchev–Trinajstić information content (AvgIpc) is 2.02. The molecule has 2 heteroatoms. The van der Waals surface area contributed by atoms with Crippen molar-refractivity contribution in [2.75, 3.05) is 0 Å². The summed E-state index contributed by atoms with van der Waals surface area (Å²) < 4.78 is 0. The molecule has 0 unspecified atom stereocenters. The fourth-order valence-electron chi connectivity index (χ4n) is 0.800. The van der Waals surface area contributed by atoms with Crippen LogP contribution in [0.3, 0.4) is 0 Å². The molecule has 12 heavy (non-hydrogen) atoms. The molecule has 0 aliphatic heterocycles. The zero-order chi connectivity index (χ0) is 9.23. The lowest BCUT2D eigenvalue weighted by molar-refractivity contribution is -0.137. The van der Waals surface area contributed by atoms with Crippen molar-refractivity contribution in [3.8, 4) is 0 Å². The lowest BCUT2D eigenvalue weighted by atomic mass is 10.2. The van der Waals surface area contributed by atoms with Gasteiger partial charge in [-0.3, -0.25) is 4.79 Å². The Bertz CT molecular complexity index is 169. The van der Waals surface area contributed by atoms with Gasteiger partial charge in [-0.15, -0.1) is 0 Å². The van der Waals surface area contributed by atoms with Crippen LogP contribution in [0, 0.1) is 0 Å². The van der Waals surface area contributed by atoms with E-state index in [1.54, 1.807) is 0 Å². The summed E-state index contributed by atoms with van der Waals surface area (Å²) in [6, 6.07) is 0. The minimum Gasteiger partial charge on any atom is -0.481 e. The summed E-state index contributed by atoms with van der Waals surface area (Å²) in [7, 11) is 0. The lowest BCUT2D eigenvalue weighted by Crippen LogP contribution is -1.92. The second-order valence-electron chi connectivity index (χ2n) is 2.56. The Balaban J connectivity index is 3.19. The molecule has 68 valence electrons. The second kappa shape index (κ2) is 8.05. The van der Waals surface area contributed by atoms with Gasteiger partial charge in [-0.1, -0.05) is 24.3 Å². The standard InChI is InChI=1S/C10H16O2/c1-2-3-4-5-6-7-8-9-10(11)12/h2-3,5-6H,4,7-9H2,1H3,(H,11,12)/b3-2-,6-5-. The summed E-state index contributed by atoms with van der Waals surface area (Å²) in [6.07, 6.45) is 11.0. The summed E-state index contributed by atoms with van der Waals surface area (Å²) >= 11 is 0. The molecule has 0 spiro atoms. The van der Waals surface area contributed by atoms with E-state index in [0.29, 0.717) is 0 Å². The number of hydrogen-bond acceptors (Lipinski definition) is 1. The predicted molar refractivity (Wildman–Crippen MR) is 50.1 cm³/mol. The van der Waals surface area contributed by atoms with Crippen LogP contribution in [0.25, 0.3) is 0 Å². The smallest absolute Gasteiger partial charge is 0.303 e. The van der Waals surface area contributed by atoms with E-state index in [4.69, 9.17) is 5.11 Å². The molecule has 0 radical (unpaired) electrons. The van der Waals surface area contributed by atoms with Crippen molar-refractivity contribution in [3.05, 3.63) is 24.3 Å². The molecule has 0 atom stereocenters.